The van der Waals surface area contributed by atoms with Crippen LogP contribution >= 0.6 is 0 Å². The predicted molar refractivity (Wildman–Crippen MR) is 96.1 cm³/mol. The molecule has 0 atom stereocenters. The van der Waals surface area contributed by atoms with Crippen LogP contribution in [0.25, 0.3) is 10.9 Å². The van der Waals surface area contributed by atoms with Crippen molar-refractivity contribution in [1.82, 2.24) is 15.3 Å². The maximum atomic E-state index is 12.0. The van der Waals surface area contributed by atoms with Gasteiger partial charge in [-0.05, 0) is 35.2 Å². The number of hydrogen-bond acceptors (Lipinski definition) is 4. The third-order valence-corrected chi connectivity index (χ3v) is 5.40. The van der Waals surface area contributed by atoms with Gasteiger partial charge in [-0.1, -0.05) is 19.1 Å². The first-order valence-electron chi connectivity index (χ1n) is 7.77. The van der Waals surface area contributed by atoms with Gasteiger partial charge >= 0.3 is 6.03 Å². The molecule has 0 saturated heterocycles. The van der Waals surface area contributed by atoms with Crippen molar-refractivity contribution in [1.29, 1.82) is 0 Å². The number of carbonyl (C=O) groups excluding carboxylic acids is 1. The van der Waals surface area contributed by atoms with Crippen LogP contribution in [0.1, 0.15) is 12.5 Å². The SMILES string of the molecule is CCS(=O)(=O)c1ccc(CNC(=O)Nc2ccc3cc[nH]c3c2)cn1. The number of H-pyrrole nitrogens is 1. The minimum atomic E-state index is -3.31. The lowest BCUT2D eigenvalue weighted by atomic mass is 10.2. The molecule has 3 aromatic rings. The number of nitrogens with zero attached hydrogens (tertiary/aromatic N) is 1. The van der Waals surface area contributed by atoms with Crippen molar-refractivity contribution >= 4 is 32.5 Å². The molecule has 0 aliphatic heterocycles. The van der Waals surface area contributed by atoms with Crippen LogP contribution in [0.4, 0.5) is 10.5 Å². The van der Waals surface area contributed by atoms with Crippen LogP contribution in [0, 0.1) is 0 Å². The highest BCUT2D eigenvalue weighted by Crippen LogP contribution is 2.17. The Morgan fingerprint density at radius 1 is 1.20 bits per heavy atom. The van der Waals surface area contributed by atoms with Crippen molar-refractivity contribution in [3.05, 3.63) is 54.4 Å². The summed E-state index contributed by atoms with van der Waals surface area (Å²) in [6, 6.07) is 10.3. The molecule has 130 valence electrons. The number of fused-ring (bicyclic) bond motifs is 1. The van der Waals surface area contributed by atoms with E-state index in [2.05, 4.69) is 20.6 Å². The van der Waals surface area contributed by atoms with E-state index in [9.17, 15) is 13.2 Å². The largest absolute Gasteiger partial charge is 0.361 e. The molecular formula is C17H18N4O3S. The molecule has 0 aliphatic carbocycles. The van der Waals surface area contributed by atoms with E-state index in [4.69, 9.17) is 0 Å². The second-order valence-electron chi connectivity index (χ2n) is 5.50. The Morgan fingerprint density at radius 3 is 2.76 bits per heavy atom. The van der Waals surface area contributed by atoms with Gasteiger partial charge in [0.25, 0.3) is 0 Å². The first-order chi connectivity index (χ1) is 12.0. The lowest BCUT2D eigenvalue weighted by Crippen LogP contribution is -2.28. The van der Waals surface area contributed by atoms with Gasteiger partial charge in [0, 0.05) is 30.1 Å². The highest BCUT2D eigenvalue weighted by atomic mass is 32.2. The Bertz CT molecular complexity index is 994. The average Bonchev–Trinajstić information content (AvgIpc) is 3.08. The highest BCUT2D eigenvalue weighted by molar-refractivity contribution is 7.91. The van der Waals surface area contributed by atoms with Gasteiger partial charge in [0.15, 0.2) is 14.9 Å². The lowest BCUT2D eigenvalue weighted by Gasteiger charge is -2.08. The van der Waals surface area contributed by atoms with E-state index in [1.807, 2.05) is 30.5 Å². The van der Waals surface area contributed by atoms with Crippen LogP contribution in [-0.2, 0) is 16.4 Å². The molecule has 2 aromatic heterocycles. The zero-order chi connectivity index (χ0) is 17.9. The van der Waals surface area contributed by atoms with Crippen LogP contribution in [0.2, 0.25) is 0 Å². The Kier molecular flexibility index (Phi) is 4.71. The van der Waals surface area contributed by atoms with E-state index in [0.29, 0.717) is 11.3 Å². The third kappa shape index (κ3) is 3.97. The first kappa shape index (κ1) is 17.0. The molecule has 0 radical (unpaired) electrons. The molecule has 25 heavy (non-hydrogen) atoms. The minimum absolute atomic E-state index is 0.00512. The van der Waals surface area contributed by atoms with Crippen LogP contribution in [-0.4, -0.2) is 30.2 Å². The number of amides is 2. The number of nitrogens with one attached hydrogen (secondary N) is 3. The van der Waals surface area contributed by atoms with E-state index in [1.165, 1.54) is 12.3 Å². The van der Waals surface area contributed by atoms with Gasteiger partial charge in [-0.15, -0.1) is 0 Å². The molecule has 0 unspecified atom stereocenters. The number of urea groups is 1. The van der Waals surface area contributed by atoms with Crippen LogP contribution in [0.15, 0.2) is 53.8 Å². The fourth-order valence-corrected chi connectivity index (χ4v) is 3.12. The summed E-state index contributed by atoms with van der Waals surface area (Å²) in [7, 11) is -3.31. The summed E-state index contributed by atoms with van der Waals surface area (Å²) in [6.07, 6.45) is 3.29. The molecule has 0 spiro atoms. The summed E-state index contributed by atoms with van der Waals surface area (Å²) >= 11 is 0. The topological polar surface area (TPSA) is 104 Å². The summed E-state index contributed by atoms with van der Waals surface area (Å²) in [5, 5.41) is 6.58. The predicted octanol–water partition coefficient (Wildman–Crippen LogP) is 2.68. The number of hydrogen-bond donors (Lipinski definition) is 3. The molecule has 7 nitrogen and oxygen atoms in total. The molecule has 2 heterocycles. The highest BCUT2D eigenvalue weighted by Gasteiger charge is 2.12. The van der Waals surface area contributed by atoms with Crippen molar-refractivity contribution in [3.8, 4) is 0 Å². The number of rotatable bonds is 5. The molecule has 0 bridgehead atoms. The second kappa shape index (κ2) is 6.94. The monoisotopic (exact) mass is 358 g/mol. The van der Waals surface area contributed by atoms with Crippen molar-refractivity contribution in [3.63, 3.8) is 0 Å². The molecule has 2 amide bonds. The Balaban J connectivity index is 1.58. The number of benzene rings is 1. The molecule has 1 aromatic carbocycles. The Morgan fingerprint density at radius 2 is 2.04 bits per heavy atom. The molecule has 0 fully saturated rings. The van der Waals surface area contributed by atoms with Crippen molar-refractivity contribution in [2.24, 2.45) is 0 Å². The smallest absolute Gasteiger partial charge is 0.319 e. The zero-order valence-electron chi connectivity index (χ0n) is 13.6. The Hall–Kier alpha value is -2.87. The van der Waals surface area contributed by atoms with Crippen LogP contribution in [0.3, 0.4) is 0 Å². The standard InChI is InChI=1S/C17H18N4O3S/c1-2-25(23,24)16-6-3-12(10-19-16)11-20-17(22)21-14-5-4-13-7-8-18-15(13)9-14/h3-10,18H,2,11H2,1H3,(H2,20,21,22). The van der Waals surface area contributed by atoms with E-state index in [1.54, 1.807) is 13.0 Å². The summed E-state index contributed by atoms with van der Waals surface area (Å²) in [6.45, 7) is 1.82. The summed E-state index contributed by atoms with van der Waals surface area (Å²) < 4.78 is 23.4. The first-order valence-corrected chi connectivity index (χ1v) is 9.43. The number of aromatic nitrogens is 2. The molecule has 0 aliphatic rings. The van der Waals surface area contributed by atoms with Crippen LogP contribution < -0.4 is 10.6 Å². The fraction of sp³-hybridized carbons (Fsp3) is 0.176. The number of sulfone groups is 1. The van der Waals surface area contributed by atoms with Gasteiger partial charge in [0.1, 0.15) is 0 Å². The molecule has 0 saturated carbocycles. The summed E-state index contributed by atoms with van der Waals surface area (Å²) in [4.78, 5) is 19.0. The molecule has 8 heteroatoms. The number of pyridine rings is 1. The number of anilines is 1. The van der Waals surface area contributed by atoms with E-state index in [0.717, 1.165) is 10.9 Å². The average molecular weight is 358 g/mol. The van der Waals surface area contributed by atoms with E-state index < -0.39 is 9.84 Å². The van der Waals surface area contributed by atoms with Gasteiger partial charge in [-0.25, -0.2) is 18.2 Å². The quantitative estimate of drug-likeness (QED) is 0.652. The third-order valence-electron chi connectivity index (χ3n) is 3.76. The molecule has 3 N–H and O–H groups in total. The van der Waals surface area contributed by atoms with E-state index in [-0.39, 0.29) is 23.4 Å². The fourth-order valence-electron chi connectivity index (χ4n) is 2.33. The van der Waals surface area contributed by atoms with Crippen molar-refractivity contribution in [2.75, 3.05) is 11.1 Å². The van der Waals surface area contributed by atoms with Gasteiger partial charge in [0.2, 0.25) is 0 Å². The zero-order valence-corrected chi connectivity index (χ0v) is 14.4. The molecular weight excluding hydrogens is 340 g/mol. The normalized spacial score (nSPS) is 11.4. The summed E-state index contributed by atoms with van der Waals surface area (Å²) in [5.41, 5.74) is 2.33. The number of aromatic amines is 1. The van der Waals surface area contributed by atoms with Crippen molar-refractivity contribution < 1.29 is 13.2 Å². The minimum Gasteiger partial charge on any atom is -0.361 e. The van der Waals surface area contributed by atoms with Crippen LogP contribution in [0.5, 0.6) is 0 Å². The van der Waals surface area contributed by atoms with Gasteiger partial charge in [0.05, 0.1) is 5.75 Å². The van der Waals surface area contributed by atoms with Crippen molar-refractivity contribution in [2.45, 2.75) is 18.5 Å². The van der Waals surface area contributed by atoms with Gasteiger partial charge < -0.3 is 15.6 Å². The Labute approximate surface area is 145 Å². The van der Waals surface area contributed by atoms with Gasteiger partial charge in [-0.2, -0.15) is 0 Å². The summed E-state index contributed by atoms with van der Waals surface area (Å²) in [5.74, 6) is 0.00512. The lowest BCUT2D eigenvalue weighted by molar-refractivity contribution is 0.251. The second-order valence-corrected chi connectivity index (χ2v) is 7.72. The number of carbonyl (C=O) groups is 1. The maximum absolute atomic E-state index is 12.0. The maximum Gasteiger partial charge on any atom is 0.319 e. The molecule has 3 rings (SSSR count). The van der Waals surface area contributed by atoms with E-state index >= 15 is 0 Å². The van der Waals surface area contributed by atoms with Gasteiger partial charge in [-0.3, -0.25) is 0 Å².